The molecule has 0 atom stereocenters. The topological polar surface area (TPSA) is 64.6 Å². The standard InChI is InChI=1S/C18H15F4NO4/c19-15-7-2-1-4-12(15)9-23-16(24)10-27-17(25)11-26-14-6-3-5-13(8-14)18(20,21)22/h1-8H,9-11H2,(H,23,24). The number of halogens is 4. The molecule has 144 valence electrons. The number of carbonyl (C=O) groups is 2. The van der Waals surface area contributed by atoms with E-state index in [-0.39, 0.29) is 17.9 Å². The van der Waals surface area contributed by atoms with Crippen LogP contribution >= 0.6 is 0 Å². The zero-order chi connectivity index (χ0) is 19.9. The van der Waals surface area contributed by atoms with Crippen molar-refractivity contribution < 1.29 is 36.6 Å². The molecule has 0 bridgehead atoms. The largest absolute Gasteiger partial charge is 0.482 e. The van der Waals surface area contributed by atoms with Crippen LogP contribution in [0.5, 0.6) is 5.75 Å². The lowest BCUT2D eigenvalue weighted by Gasteiger charge is -2.10. The third-order valence-corrected chi connectivity index (χ3v) is 3.32. The number of carbonyl (C=O) groups excluding carboxylic acids is 2. The van der Waals surface area contributed by atoms with Crippen LogP contribution in [0.3, 0.4) is 0 Å². The van der Waals surface area contributed by atoms with Gasteiger partial charge < -0.3 is 14.8 Å². The molecule has 0 aliphatic heterocycles. The molecular formula is C18H15F4NO4. The summed E-state index contributed by atoms with van der Waals surface area (Å²) in [7, 11) is 0. The molecule has 2 aromatic rings. The minimum atomic E-state index is -4.53. The number of nitrogens with one attached hydrogen (secondary N) is 1. The molecule has 5 nitrogen and oxygen atoms in total. The lowest BCUT2D eigenvalue weighted by molar-refractivity contribution is -0.150. The van der Waals surface area contributed by atoms with E-state index in [4.69, 9.17) is 4.74 Å². The number of hydrogen-bond acceptors (Lipinski definition) is 4. The fourth-order valence-corrected chi connectivity index (χ4v) is 1.98. The van der Waals surface area contributed by atoms with E-state index in [1.54, 1.807) is 6.07 Å². The first-order valence-electron chi connectivity index (χ1n) is 7.71. The Morgan fingerprint density at radius 3 is 2.44 bits per heavy atom. The molecule has 0 spiro atoms. The Labute approximate surface area is 151 Å². The number of esters is 1. The summed E-state index contributed by atoms with van der Waals surface area (Å²) in [5.74, 6) is -2.24. The Bertz CT molecular complexity index is 808. The van der Waals surface area contributed by atoms with Crippen molar-refractivity contribution in [1.29, 1.82) is 0 Å². The summed E-state index contributed by atoms with van der Waals surface area (Å²) in [6.07, 6.45) is -4.53. The Morgan fingerprint density at radius 1 is 1.00 bits per heavy atom. The predicted octanol–water partition coefficient (Wildman–Crippen LogP) is 3.08. The maximum atomic E-state index is 13.4. The predicted molar refractivity (Wildman–Crippen MR) is 86.1 cm³/mol. The summed E-state index contributed by atoms with van der Waals surface area (Å²) in [5.41, 5.74) is -0.647. The summed E-state index contributed by atoms with van der Waals surface area (Å²) >= 11 is 0. The van der Waals surface area contributed by atoms with Crippen LogP contribution in [0.15, 0.2) is 48.5 Å². The van der Waals surface area contributed by atoms with Crippen molar-refractivity contribution in [2.45, 2.75) is 12.7 Å². The van der Waals surface area contributed by atoms with Gasteiger partial charge in [-0.15, -0.1) is 0 Å². The zero-order valence-corrected chi connectivity index (χ0v) is 13.9. The van der Waals surface area contributed by atoms with Crippen LogP contribution in [0.1, 0.15) is 11.1 Å². The highest BCUT2D eigenvalue weighted by atomic mass is 19.4. The third kappa shape index (κ3) is 6.61. The molecule has 0 unspecified atom stereocenters. The highest BCUT2D eigenvalue weighted by Gasteiger charge is 2.30. The first-order valence-corrected chi connectivity index (χ1v) is 7.71. The highest BCUT2D eigenvalue weighted by Crippen LogP contribution is 2.31. The highest BCUT2D eigenvalue weighted by molar-refractivity contribution is 5.80. The average Bonchev–Trinajstić information content (AvgIpc) is 2.63. The molecule has 0 aliphatic carbocycles. The molecule has 0 aliphatic rings. The van der Waals surface area contributed by atoms with Gasteiger partial charge >= 0.3 is 12.1 Å². The number of benzene rings is 2. The van der Waals surface area contributed by atoms with Gasteiger partial charge in [-0.1, -0.05) is 24.3 Å². The van der Waals surface area contributed by atoms with Crippen LogP contribution in [0.4, 0.5) is 17.6 Å². The lowest BCUT2D eigenvalue weighted by atomic mass is 10.2. The van der Waals surface area contributed by atoms with Crippen LogP contribution in [-0.4, -0.2) is 25.1 Å². The number of rotatable bonds is 7. The Kier molecular flexibility index (Phi) is 6.75. The van der Waals surface area contributed by atoms with Crippen LogP contribution in [0, 0.1) is 5.82 Å². The van der Waals surface area contributed by atoms with Gasteiger partial charge in [0.1, 0.15) is 11.6 Å². The molecular weight excluding hydrogens is 370 g/mol. The van der Waals surface area contributed by atoms with Gasteiger partial charge in [-0.3, -0.25) is 4.79 Å². The molecule has 27 heavy (non-hydrogen) atoms. The zero-order valence-electron chi connectivity index (χ0n) is 13.9. The molecule has 0 saturated carbocycles. The maximum Gasteiger partial charge on any atom is 0.416 e. The van der Waals surface area contributed by atoms with Gasteiger partial charge in [0.25, 0.3) is 5.91 Å². The van der Waals surface area contributed by atoms with Crippen LogP contribution in [0.2, 0.25) is 0 Å². The molecule has 0 radical (unpaired) electrons. The van der Waals surface area contributed by atoms with E-state index in [0.717, 1.165) is 18.2 Å². The number of ether oxygens (including phenoxy) is 2. The molecule has 9 heteroatoms. The molecule has 1 N–H and O–H groups in total. The fraction of sp³-hybridized carbons (Fsp3) is 0.222. The van der Waals surface area contributed by atoms with Crippen LogP contribution in [0.25, 0.3) is 0 Å². The molecule has 2 aromatic carbocycles. The third-order valence-electron chi connectivity index (χ3n) is 3.32. The van der Waals surface area contributed by atoms with Crippen LogP contribution < -0.4 is 10.1 Å². The first-order chi connectivity index (χ1) is 12.8. The summed E-state index contributed by atoms with van der Waals surface area (Å²) in [6.45, 7) is -1.37. The summed E-state index contributed by atoms with van der Waals surface area (Å²) in [4.78, 5) is 23.1. The second-order valence-electron chi connectivity index (χ2n) is 5.34. The van der Waals surface area contributed by atoms with Crippen molar-refractivity contribution in [1.82, 2.24) is 5.32 Å². The van der Waals surface area contributed by atoms with Gasteiger partial charge in [0, 0.05) is 12.1 Å². The molecule has 1 amide bonds. The fourth-order valence-electron chi connectivity index (χ4n) is 1.98. The van der Waals surface area contributed by atoms with E-state index in [1.807, 2.05) is 0 Å². The second-order valence-corrected chi connectivity index (χ2v) is 5.34. The smallest absolute Gasteiger partial charge is 0.416 e. The molecule has 2 rings (SSSR count). The van der Waals surface area contributed by atoms with E-state index in [0.29, 0.717) is 0 Å². The monoisotopic (exact) mass is 385 g/mol. The molecule has 0 saturated heterocycles. The summed E-state index contributed by atoms with van der Waals surface area (Å²) in [5, 5.41) is 2.37. The summed E-state index contributed by atoms with van der Waals surface area (Å²) < 4.78 is 60.7. The van der Waals surface area contributed by atoms with Gasteiger partial charge in [0.05, 0.1) is 5.56 Å². The van der Waals surface area contributed by atoms with E-state index >= 15 is 0 Å². The SMILES string of the molecule is O=C(COC(=O)COc1cccc(C(F)(F)F)c1)NCc1ccccc1F. The van der Waals surface area contributed by atoms with Crippen molar-refractivity contribution in [3.05, 3.63) is 65.5 Å². The lowest BCUT2D eigenvalue weighted by Crippen LogP contribution is -2.29. The molecule has 0 aromatic heterocycles. The van der Waals surface area contributed by atoms with Crippen molar-refractivity contribution in [2.75, 3.05) is 13.2 Å². The Hall–Kier alpha value is -3.10. The van der Waals surface area contributed by atoms with E-state index < -0.39 is 42.6 Å². The van der Waals surface area contributed by atoms with Gasteiger partial charge in [0.2, 0.25) is 0 Å². The normalized spacial score (nSPS) is 11.0. The minimum Gasteiger partial charge on any atom is -0.482 e. The van der Waals surface area contributed by atoms with Gasteiger partial charge in [0.15, 0.2) is 13.2 Å². The number of amides is 1. The summed E-state index contributed by atoms with van der Waals surface area (Å²) in [6, 6.07) is 9.85. The molecule has 0 fully saturated rings. The van der Waals surface area contributed by atoms with Crippen molar-refractivity contribution in [2.24, 2.45) is 0 Å². The van der Waals surface area contributed by atoms with Crippen molar-refractivity contribution >= 4 is 11.9 Å². The molecule has 0 heterocycles. The van der Waals surface area contributed by atoms with Crippen LogP contribution in [-0.2, 0) is 27.0 Å². The Balaban J connectivity index is 1.73. The van der Waals surface area contributed by atoms with E-state index in [1.165, 1.54) is 24.3 Å². The van der Waals surface area contributed by atoms with Gasteiger partial charge in [-0.05, 0) is 24.3 Å². The van der Waals surface area contributed by atoms with E-state index in [9.17, 15) is 27.2 Å². The average molecular weight is 385 g/mol. The van der Waals surface area contributed by atoms with Gasteiger partial charge in [-0.25, -0.2) is 9.18 Å². The number of hydrogen-bond donors (Lipinski definition) is 1. The minimum absolute atomic E-state index is 0.0796. The second kappa shape index (κ2) is 9.02. The van der Waals surface area contributed by atoms with Gasteiger partial charge in [-0.2, -0.15) is 13.2 Å². The quantitative estimate of drug-likeness (QED) is 0.588. The Morgan fingerprint density at radius 2 is 1.74 bits per heavy atom. The van der Waals surface area contributed by atoms with Crippen molar-refractivity contribution in [3.8, 4) is 5.75 Å². The first kappa shape index (κ1) is 20.2. The van der Waals surface area contributed by atoms with E-state index in [2.05, 4.69) is 10.1 Å². The number of alkyl halides is 3. The maximum absolute atomic E-state index is 13.4. The van der Waals surface area contributed by atoms with Crippen molar-refractivity contribution in [3.63, 3.8) is 0 Å².